The number of hydrogen-bond acceptors (Lipinski definition) is 4. The molecule has 0 aromatic carbocycles. The maximum absolute atomic E-state index is 5.96. The van der Waals surface area contributed by atoms with E-state index in [0.29, 0.717) is 17.6 Å². The lowest BCUT2D eigenvalue weighted by Crippen LogP contribution is -2.05. The number of hydrogen-bond donors (Lipinski definition) is 1. The molecule has 0 unspecified atom stereocenters. The smallest absolute Gasteiger partial charge is 0.224 e. The molecule has 0 aliphatic rings. The molecule has 2 aromatic rings. The summed E-state index contributed by atoms with van der Waals surface area (Å²) in [5.41, 5.74) is 2.05. The largest absolute Gasteiger partial charge is 0.350 e. The Kier molecular flexibility index (Phi) is 4.47. The summed E-state index contributed by atoms with van der Waals surface area (Å²) in [6.07, 6.45) is 5.50. The molecule has 0 saturated carbocycles. The zero-order chi connectivity index (χ0) is 12.8. The van der Waals surface area contributed by atoms with Gasteiger partial charge in [-0.3, -0.25) is 4.98 Å². The molecule has 0 spiro atoms. The van der Waals surface area contributed by atoms with Gasteiger partial charge in [0.1, 0.15) is 5.15 Å². The Morgan fingerprint density at radius 1 is 1.33 bits per heavy atom. The summed E-state index contributed by atoms with van der Waals surface area (Å²) in [5, 5.41) is 3.63. The fraction of sp³-hybridized carbons (Fsp3) is 0.308. The second kappa shape index (κ2) is 6.31. The van der Waals surface area contributed by atoms with Crippen molar-refractivity contribution >= 4 is 17.5 Å². The molecule has 4 nitrogen and oxygen atoms in total. The van der Waals surface area contributed by atoms with E-state index >= 15 is 0 Å². The molecular weight excluding hydrogens is 248 g/mol. The Morgan fingerprint density at radius 2 is 2.22 bits per heavy atom. The van der Waals surface area contributed by atoms with Gasteiger partial charge in [0.25, 0.3) is 0 Å². The van der Waals surface area contributed by atoms with E-state index < -0.39 is 0 Å². The van der Waals surface area contributed by atoms with Crippen LogP contribution in [0.5, 0.6) is 0 Å². The van der Waals surface area contributed by atoms with Crippen LogP contribution < -0.4 is 5.32 Å². The molecule has 18 heavy (non-hydrogen) atoms. The number of pyridine rings is 1. The zero-order valence-corrected chi connectivity index (χ0v) is 11.0. The molecule has 2 rings (SSSR count). The van der Waals surface area contributed by atoms with Gasteiger partial charge in [-0.05, 0) is 24.1 Å². The van der Waals surface area contributed by atoms with Crippen LogP contribution >= 0.6 is 11.6 Å². The quantitative estimate of drug-likeness (QED) is 0.842. The van der Waals surface area contributed by atoms with Crippen molar-refractivity contribution < 1.29 is 0 Å². The van der Waals surface area contributed by atoms with E-state index in [1.54, 1.807) is 12.3 Å². The van der Waals surface area contributed by atoms with E-state index in [2.05, 4.69) is 27.2 Å². The maximum atomic E-state index is 5.96. The lowest BCUT2D eigenvalue weighted by atomic mass is 10.2. The van der Waals surface area contributed by atoms with Crippen molar-refractivity contribution in [1.29, 1.82) is 0 Å². The second-order valence-corrected chi connectivity index (χ2v) is 4.36. The minimum Gasteiger partial charge on any atom is -0.350 e. The summed E-state index contributed by atoms with van der Waals surface area (Å²) in [6, 6.07) is 5.70. The standard InChI is InChI=1S/C13H15ClN4/c1-2-4-11-7-12(14)18-13(17-11)16-9-10-5-3-6-15-8-10/h3,5-8H,2,4,9H2,1H3,(H,16,17,18). The average Bonchev–Trinajstić information content (AvgIpc) is 2.37. The molecule has 94 valence electrons. The molecule has 0 atom stereocenters. The first-order valence-corrected chi connectivity index (χ1v) is 6.32. The van der Waals surface area contributed by atoms with Crippen LogP contribution in [0.1, 0.15) is 24.6 Å². The normalized spacial score (nSPS) is 10.3. The van der Waals surface area contributed by atoms with Crippen molar-refractivity contribution in [3.63, 3.8) is 0 Å². The van der Waals surface area contributed by atoms with Gasteiger partial charge in [0, 0.05) is 24.6 Å². The predicted octanol–water partition coefficient (Wildman–Crippen LogP) is 3.09. The third-order valence-corrected chi connectivity index (χ3v) is 2.62. The minimum absolute atomic E-state index is 0.474. The average molecular weight is 263 g/mol. The van der Waals surface area contributed by atoms with E-state index in [1.165, 1.54) is 0 Å². The van der Waals surface area contributed by atoms with E-state index in [1.807, 2.05) is 18.3 Å². The van der Waals surface area contributed by atoms with Crippen LogP contribution in [0.3, 0.4) is 0 Å². The second-order valence-electron chi connectivity index (χ2n) is 3.97. The lowest BCUT2D eigenvalue weighted by molar-refractivity contribution is 0.870. The van der Waals surface area contributed by atoms with Gasteiger partial charge in [0.2, 0.25) is 5.95 Å². The molecule has 0 bridgehead atoms. The van der Waals surface area contributed by atoms with E-state index in [4.69, 9.17) is 11.6 Å². The van der Waals surface area contributed by atoms with Crippen molar-refractivity contribution in [3.05, 3.63) is 47.0 Å². The summed E-state index contributed by atoms with van der Waals surface area (Å²) in [4.78, 5) is 12.6. The van der Waals surface area contributed by atoms with Crippen LogP contribution in [0.4, 0.5) is 5.95 Å². The number of halogens is 1. The maximum Gasteiger partial charge on any atom is 0.224 e. The number of anilines is 1. The first-order chi connectivity index (χ1) is 8.78. The Balaban J connectivity index is 2.05. The fourth-order valence-corrected chi connectivity index (χ4v) is 1.82. The molecule has 1 N–H and O–H groups in total. The molecule has 0 saturated heterocycles. The first-order valence-electron chi connectivity index (χ1n) is 5.94. The monoisotopic (exact) mass is 262 g/mol. The van der Waals surface area contributed by atoms with E-state index in [-0.39, 0.29) is 0 Å². The van der Waals surface area contributed by atoms with Crippen LogP contribution in [-0.4, -0.2) is 15.0 Å². The Labute approximate surface area is 111 Å². The minimum atomic E-state index is 0.474. The highest BCUT2D eigenvalue weighted by Gasteiger charge is 2.02. The third-order valence-electron chi connectivity index (χ3n) is 2.43. The van der Waals surface area contributed by atoms with Crippen molar-refractivity contribution in [1.82, 2.24) is 15.0 Å². The van der Waals surface area contributed by atoms with Gasteiger partial charge in [-0.1, -0.05) is 31.0 Å². The Hall–Kier alpha value is -1.68. The van der Waals surface area contributed by atoms with Gasteiger partial charge in [-0.2, -0.15) is 0 Å². The molecule has 0 radical (unpaired) electrons. The van der Waals surface area contributed by atoms with E-state index in [9.17, 15) is 0 Å². The number of aryl methyl sites for hydroxylation is 1. The molecule has 0 amide bonds. The summed E-state index contributed by atoms with van der Waals surface area (Å²) < 4.78 is 0. The number of aromatic nitrogens is 3. The molecule has 0 aliphatic heterocycles. The highest BCUT2D eigenvalue weighted by Crippen LogP contribution is 2.12. The van der Waals surface area contributed by atoms with Crippen molar-refractivity contribution in [2.45, 2.75) is 26.3 Å². The summed E-state index contributed by atoms with van der Waals surface area (Å²) in [6.45, 7) is 2.75. The van der Waals surface area contributed by atoms with Crippen LogP contribution in [0.25, 0.3) is 0 Å². The predicted molar refractivity (Wildman–Crippen MR) is 72.6 cm³/mol. The van der Waals surface area contributed by atoms with Crippen LogP contribution in [0, 0.1) is 0 Å². The van der Waals surface area contributed by atoms with Gasteiger partial charge in [-0.25, -0.2) is 9.97 Å². The SMILES string of the molecule is CCCc1cc(Cl)nc(NCc2cccnc2)n1. The van der Waals surface area contributed by atoms with Crippen LogP contribution in [-0.2, 0) is 13.0 Å². The zero-order valence-electron chi connectivity index (χ0n) is 10.2. The van der Waals surface area contributed by atoms with Gasteiger partial charge < -0.3 is 5.32 Å². The van der Waals surface area contributed by atoms with Crippen molar-refractivity contribution in [3.8, 4) is 0 Å². The Bertz CT molecular complexity index is 502. The third kappa shape index (κ3) is 3.67. The highest BCUT2D eigenvalue weighted by atomic mass is 35.5. The molecule has 5 heteroatoms. The first kappa shape index (κ1) is 12.8. The summed E-state index contributed by atoms with van der Waals surface area (Å²) in [7, 11) is 0. The van der Waals surface area contributed by atoms with Gasteiger partial charge in [-0.15, -0.1) is 0 Å². The van der Waals surface area contributed by atoms with Crippen molar-refractivity contribution in [2.24, 2.45) is 0 Å². The van der Waals surface area contributed by atoms with Gasteiger partial charge >= 0.3 is 0 Å². The van der Waals surface area contributed by atoms with Gasteiger partial charge in [0.15, 0.2) is 0 Å². The van der Waals surface area contributed by atoms with E-state index in [0.717, 1.165) is 24.1 Å². The van der Waals surface area contributed by atoms with Crippen molar-refractivity contribution in [2.75, 3.05) is 5.32 Å². The lowest BCUT2D eigenvalue weighted by Gasteiger charge is -2.06. The van der Waals surface area contributed by atoms with Crippen LogP contribution in [0.15, 0.2) is 30.6 Å². The highest BCUT2D eigenvalue weighted by molar-refractivity contribution is 6.29. The Morgan fingerprint density at radius 3 is 2.94 bits per heavy atom. The topological polar surface area (TPSA) is 50.7 Å². The molecule has 0 aliphatic carbocycles. The molecule has 2 heterocycles. The molecule has 2 aromatic heterocycles. The van der Waals surface area contributed by atoms with Crippen LogP contribution in [0.2, 0.25) is 5.15 Å². The molecular formula is C13H15ClN4. The molecule has 0 fully saturated rings. The number of rotatable bonds is 5. The number of nitrogens with one attached hydrogen (secondary N) is 1. The van der Waals surface area contributed by atoms with Gasteiger partial charge in [0.05, 0.1) is 0 Å². The number of nitrogens with zero attached hydrogens (tertiary/aromatic N) is 3. The summed E-state index contributed by atoms with van der Waals surface area (Å²) >= 11 is 5.96. The summed E-state index contributed by atoms with van der Waals surface area (Å²) in [5.74, 6) is 0.565. The fourth-order valence-electron chi connectivity index (χ4n) is 1.61.